The number of amides is 1. The number of hydrogen-bond acceptors (Lipinski definition) is 5. The minimum absolute atomic E-state index is 0.0132. The van der Waals surface area contributed by atoms with Crippen LogP contribution >= 0.6 is 11.6 Å². The van der Waals surface area contributed by atoms with Crippen molar-refractivity contribution in [2.75, 3.05) is 18.5 Å². The van der Waals surface area contributed by atoms with Crippen LogP contribution in [0, 0.1) is 5.82 Å². The van der Waals surface area contributed by atoms with E-state index in [0.29, 0.717) is 35.1 Å². The largest absolute Gasteiger partial charge is 0.489 e. The fraction of sp³-hybridized carbons (Fsp3) is 0.296. The van der Waals surface area contributed by atoms with Crippen molar-refractivity contribution in [3.63, 3.8) is 0 Å². The summed E-state index contributed by atoms with van der Waals surface area (Å²) in [7, 11) is 0. The Kier molecular flexibility index (Phi) is 6.40. The van der Waals surface area contributed by atoms with E-state index in [-0.39, 0.29) is 18.6 Å². The van der Waals surface area contributed by atoms with Gasteiger partial charge in [-0.1, -0.05) is 41.9 Å². The maximum absolute atomic E-state index is 14.0. The topological polar surface area (TPSA) is 60.0 Å². The maximum atomic E-state index is 14.0. The predicted molar refractivity (Wildman–Crippen MR) is 131 cm³/mol. The molecule has 2 heterocycles. The number of hydrogen-bond donors (Lipinski definition) is 1. The normalized spacial score (nSPS) is 20.9. The van der Waals surface area contributed by atoms with Crippen LogP contribution in [-0.2, 0) is 16.1 Å². The number of halogens is 2. The highest BCUT2D eigenvalue weighted by molar-refractivity contribution is 6.31. The molecule has 3 aromatic carbocycles. The summed E-state index contributed by atoms with van der Waals surface area (Å²) in [5, 5.41) is 3.80. The minimum Gasteiger partial charge on any atom is -0.489 e. The van der Waals surface area contributed by atoms with Gasteiger partial charge in [0.2, 0.25) is 0 Å². The van der Waals surface area contributed by atoms with Crippen LogP contribution in [0.15, 0.2) is 66.7 Å². The monoisotopic (exact) mass is 496 g/mol. The Bertz CT molecular complexity index is 1210. The fourth-order valence-corrected chi connectivity index (χ4v) is 4.61. The van der Waals surface area contributed by atoms with Crippen LogP contribution in [-0.4, -0.2) is 35.8 Å². The Morgan fingerprint density at radius 3 is 2.60 bits per heavy atom. The Hall–Kier alpha value is -3.13. The standard InChI is InChI=1S/C27H26ClFN2O4/c1-27(2)34-15-19(35-27)14-31-25(30-24-9-4-3-6-20(24)26(31)32)17-10-12-18(13-11-17)33-16-21-22(28)7-5-8-23(21)29/h3-13,19,25,30H,14-16H2,1-2H3. The molecule has 2 unspecified atom stereocenters. The molecule has 35 heavy (non-hydrogen) atoms. The van der Waals surface area contributed by atoms with Crippen molar-refractivity contribution < 1.29 is 23.4 Å². The molecule has 1 fully saturated rings. The molecule has 0 spiro atoms. The second-order valence-corrected chi connectivity index (χ2v) is 9.47. The number of ether oxygens (including phenoxy) is 3. The lowest BCUT2D eigenvalue weighted by Gasteiger charge is -2.39. The van der Waals surface area contributed by atoms with Gasteiger partial charge in [-0.25, -0.2) is 4.39 Å². The number of benzene rings is 3. The quantitative estimate of drug-likeness (QED) is 0.469. The van der Waals surface area contributed by atoms with Crippen molar-refractivity contribution in [3.05, 3.63) is 94.3 Å². The fourth-order valence-electron chi connectivity index (χ4n) is 4.39. The summed E-state index contributed by atoms with van der Waals surface area (Å²) in [5.74, 6) is -0.594. The molecule has 5 rings (SSSR count). The van der Waals surface area contributed by atoms with Crippen LogP contribution in [0.5, 0.6) is 5.75 Å². The van der Waals surface area contributed by atoms with Gasteiger partial charge in [0.15, 0.2) is 5.79 Å². The van der Waals surface area contributed by atoms with Gasteiger partial charge in [-0.2, -0.15) is 0 Å². The molecule has 1 amide bonds. The molecule has 2 atom stereocenters. The molecular formula is C27H26ClFN2O4. The Morgan fingerprint density at radius 1 is 1.11 bits per heavy atom. The van der Waals surface area contributed by atoms with E-state index in [1.165, 1.54) is 6.07 Å². The van der Waals surface area contributed by atoms with Gasteiger partial charge >= 0.3 is 0 Å². The number of rotatable bonds is 6. The lowest BCUT2D eigenvalue weighted by Crippen LogP contribution is -2.47. The number of nitrogens with one attached hydrogen (secondary N) is 1. The highest BCUT2D eigenvalue weighted by atomic mass is 35.5. The second-order valence-electron chi connectivity index (χ2n) is 9.06. The van der Waals surface area contributed by atoms with Gasteiger partial charge < -0.3 is 24.4 Å². The Morgan fingerprint density at radius 2 is 1.89 bits per heavy atom. The van der Waals surface area contributed by atoms with Gasteiger partial charge in [-0.05, 0) is 55.8 Å². The van der Waals surface area contributed by atoms with Gasteiger partial charge in [-0.3, -0.25) is 4.79 Å². The summed E-state index contributed by atoms with van der Waals surface area (Å²) in [6.07, 6.45) is -0.642. The third kappa shape index (κ3) is 4.98. The van der Waals surface area contributed by atoms with Crippen LogP contribution in [0.2, 0.25) is 5.02 Å². The molecule has 0 aromatic heterocycles. The minimum atomic E-state index is -0.676. The lowest BCUT2D eigenvalue weighted by molar-refractivity contribution is -0.140. The number of fused-ring (bicyclic) bond motifs is 1. The van der Waals surface area contributed by atoms with Crippen LogP contribution in [0.1, 0.15) is 41.5 Å². The van der Waals surface area contributed by atoms with Crippen molar-refractivity contribution in [1.82, 2.24) is 4.90 Å². The van der Waals surface area contributed by atoms with Crippen LogP contribution in [0.4, 0.5) is 10.1 Å². The average molecular weight is 497 g/mol. The number of nitrogens with zero attached hydrogens (tertiary/aromatic N) is 1. The zero-order chi connectivity index (χ0) is 24.6. The first-order chi connectivity index (χ1) is 16.8. The molecule has 0 radical (unpaired) electrons. The highest BCUT2D eigenvalue weighted by Gasteiger charge is 2.39. The summed E-state index contributed by atoms with van der Waals surface area (Å²) in [5.41, 5.74) is 2.57. The molecule has 0 bridgehead atoms. The first-order valence-electron chi connectivity index (χ1n) is 11.4. The molecule has 1 saturated heterocycles. The Labute approximate surface area is 208 Å². The van der Waals surface area contributed by atoms with Crippen molar-refractivity contribution in [2.24, 2.45) is 0 Å². The number of carbonyl (C=O) groups excluding carboxylic acids is 1. The molecule has 182 valence electrons. The van der Waals surface area contributed by atoms with Gasteiger partial charge in [0.1, 0.15) is 30.4 Å². The van der Waals surface area contributed by atoms with Crippen molar-refractivity contribution >= 4 is 23.2 Å². The van der Waals surface area contributed by atoms with E-state index >= 15 is 0 Å². The summed E-state index contributed by atoms with van der Waals surface area (Å²) < 4.78 is 31.5. The zero-order valence-electron chi connectivity index (χ0n) is 19.5. The molecule has 2 aliphatic heterocycles. The molecule has 0 aliphatic carbocycles. The SMILES string of the molecule is CC1(C)OCC(CN2C(=O)c3ccccc3NC2c2ccc(OCc3c(F)cccc3Cl)cc2)O1. The van der Waals surface area contributed by atoms with E-state index in [1.54, 1.807) is 29.2 Å². The van der Waals surface area contributed by atoms with Crippen LogP contribution in [0.3, 0.4) is 0 Å². The molecule has 2 aliphatic rings. The second kappa shape index (κ2) is 9.49. The maximum Gasteiger partial charge on any atom is 0.257 e. The summed E-state index contributed by atoms with van der Waals surface area (Å²) in [4.78, 5) is 15.2. The first-order valence-corrected chi connectivity index (χ1v) is 11.8. The van der Waals surface area contributed by atoms with E-state index in [1.807, 2.05) is 50.2 Å². The van der Waals surface area contributed by atoms with E-state index in [0.717, 1.165) is 11.3 Å². The molecule has 8 heteroatoms. The number of para-hydroxylation sites is 1. The van der Waals surface area contributed by atoms with Gasteiger partial charge in [0.05, 0.1) is 23.7 Å². The molecule has 1 N–H and O–H groups in total. The molecule has 0 saturated carbocycles. The van der Waals surface area contributed by atoms with Gasteiger partial charge in [0, 0.05) is 11.3 Å². The zero-order valence-corrected chi connectivity index (χ0v) is 20.2. The summed E-state index contributed by atoms with van der Waals surface area (Å²) in [6.45, 7) is 4.53. The third-order valence-electron chi connectivity index (χ3n) is 6.13. The average Bonchev–Trinajstić information content (AvgIpc) is 3.19. The van der Waals surface area contributed by atoms with E-state index in [2.05, 4.69) is 5.32 Å². The van der Waals surface area contributed by atoms with Crippen molar-refractivity contribution in [2.45, 2.75) is 38.5 Å². The van der Waals surface area contributed by atoms with Crippen LogP contribution in [0.25, 0.3) is 0 Å². The lowest BCUT2D eigenvalue weighted by atomic mass is 10.0. The third-order valence-corrected chi connectivity index (χ3v) is 6.48. The van der Waals surface area contributed by atoms with E-state index < -0.39 is 17.8 Å². The molecule has 6 nitrogen and oxygen atoms in total. The highest BCUT2D eigenvalue weighted by Crippen LogP contribution is 2.35. The van der Waals surface area contributed by atoms with Gasteiger partial charge in [-0.15, -0.1) is 0 Å². The molecular weight excluding hydrogens is 471 g/mol. The molecule has 3 aromatic rings. The summed E-state index contributed by atoms with van der Waals surface area (Å²) in [6, 6.07) is 19.4. The number of anilines is 1. The van der Waals surface area contributed by atoms with Crippen molar-refractivity contribution in [1.29, 1.82) is 0 Å². The van der Waals surface area contributed by atoms with Crippen molar-refractivity contribution in [3.8, 4) is 5.75 Å². The summed E-state index contributed by atoms with van der Waals surface area (Å²) >= 11 is 6.10. The van der Waals surface area contributed by atoms with E-state index in [4.69, 9.17) is 25.8 Å². The smallest absolute Gasteiger partial charge is 0.257 e. The predicted octanol–water partition coefficient (Wildman–Crippen LogP) is 5.78. The van der Waals surface area contributed by atoms with Crippen LogP contribution < -0.4 is 10.1 Å². The van der Waals surface area contributed by atoms with Gasteiger partial charge in [0.25, 0.3) is 5.91 Å². The number of carbonyl (C=O) groups is 1. The van der Waals surface area contributed by atoms with E-state index in [9.17, 15) is 9.18 Å². The first kappa shape index (κ1) is 23.6. The Balaban J connectivity index is 1.36.